The predicted molar refractivity (Wildman–Crippen MR) is 91.7 cm³/mol. The van der Waals surface area contributed by atoms with Crippen molar-refractivity contribution >= 4 is 31.9 Å². The van der Waals surface area contributed by atoms with Crippen molar-refractivity contribution in [2.24, 2.45) is 0 Å². The van der Waals surface area contributed by atoms with Gasteiger partial charge >= 0.3 is 0 Å². The first-order chi connectivity index (χ1) is 10.1. The zero-order chi connectivity index (χ0) is 15.2. The van der Waals surface area contributed by atoms with Gasteiger partial charge < -0.3 is 4.74 Å². The van der Waals surface area contributed by atoms with Crippen LogP contribution >= 0.6 is 31.9 Å². The summed E-state index contributed by atoms with van der Waals surface area (Å²) in [4.78, 5) is 0.0610. The molecule has 0 fully saturated rings. The highest BCUT2D eigenvalue weighted by Gasteiger charge is 2.13. The van der Waals surface area contributed by atoms with Crippen molar-refractivity contribution in [1.29, 1.82) is 0 Å². The van der Waals surface area contributed by atoms with Gasteiger partial charge in [-0.2, -0.15) is 0 Å². The summed E-state index contributed by atoms with van der Waals surface area (Å²) < 4.78 is 20.3. The van der Waals surface area contributed by atoms with Crippen LogP contribution in [0.2, 0.25) is 0 Å². The number of hydrogen-bond donors (Lipinski definition) is 0. The van der Waals surface area contributed by atoms with E-state index in [0.717, 1.165) is 22.2 Å². The molecule has 2 aromatic carbocycles. The lowest BCUT2D eigenvalue weighted by Crippen LogP contribution is -2.00. The molecule has 0 saturated heterocycles. The van der Waals surface area contributed by atoms with Gasteiger partial charge in [0, 0.05) is 4.83 Å². The Bertz CT molecular complexity index is 601. The summed E-state index contributed by atoms with van der Waals surface area (Å²) in [5.74, 6) is 0.676. The van der Waals surface area contributed by atoms with E-state index in [1.54, 1.807) is 6.07 Å². The van der Waals surface area contributed by atoms with Crippen LogP contribution < -0.4 is 4.74 Å². The van der Waals surface area contributed by atoms with Crippen LogP contribution in [0.25, 0.3) is 0 Å². The predicted octanol–water partition coefficient (Wildman–Crippen LogP) is 6.06. The van der Waals surface area contributed by atoms with Gasteiger partial charge in [-0.25, -0.2) is 4.39 Å². The Balaban J connectivity index is 2.11. The van der Waals surface area contributed by atoms with Gasteiger partial charge in [0.2, 0.25) is 0 Å². The summed E-state index contributed by atoms with van der Waals surface area (Å²) in [5.41, 5.74) is 1.80. The lowest BCUT2D eigenvalue weighted by atomic mass is 10.0. The molecule has 0 spiro atoms. The zero-order valence-corrected chi connectivity index (χ0v) is 15.0. The smallest absolute Gasteiger partial charge is 0.133 e. The summed E-state index contributed by atoms with van der Waals surface area (Å²) in [6.07, 6.45) is 1.58. The zero-order valence-electron chi connectivity index (χ0n) is 11.8. The molecule has 0 aromatic heterocycles. The minimum Gasteiger partial charge on any atom is -0.492 e. The fraction of sp³-hybridized carbons (Fsp3) is 0.294. The normalized spacial score (nSPS) is 12.2. The van der Waals surface area contributed by atoms with E-state index in [4.69, 9.17) is 4.74 Å². The average molecular weight is 416 g/mol. The molecule has 0 aliphatic rings. The Hall–Kier alpha value is -0.870. The maximum Gasteiger partial charge on any atom is 0.133 e. The van der Waals surface area contributed by atoms with Crippen molar-refractivity contribution in [2.75, 3.05) is 6.61 Å². The third-order valence-electron chi connectivity index (χ3n) is 3.14. The van der Waals surface area contributed by atoms with Crippen LogP contribution in [0.1, 0.15) is 29.3 Å². The van der Waals surface area contributed by atoms with Gasteiger partial charge in [0.1, 0.15) is 11.6 Å². The highest BCUT2D eigenvalue weighted by atomic mass is 79.9. The molecule has 2 rings (SSSR count). The lowest BCUT2D eigenvalue weighted by Gasteiger charge is -2.13. The molecule has 2 aromatic rings. The van der Waals surface area contributed by atoms with Gasteiger partial charge in [-0.3, -0.25) is 0 Å². The Kier molecular flexibility index (Phi) is 6.24. The minimum absolute atomic E-state index is 0.0610. The van der Waals surface area contributed by atoms with Gasteiger partial charge in [-0.1, -0.05) is 47.1 Å². The fourth-order valence-electron chi connectivity index (χ4n) is 2.02. The Morgan fingerprint density at radius 3 is 2.62 bits per heavy atom. The third kappa shape index (κ3) is 4.55. The van der Waals surface area contributed by atoms with Crippen molar-refractivity contribution in [3.05, 3.63) is 63.9 Å². The van der Waals surface area contributed by atoms with E-state index in [-0.39, 0.29) is 10.6 Å². The van der Waals surface area contributed by atoms with Crippen LogP contribution in [0.15, 0.2) is 46.9 Å². The van der Waals surface area contributed by atoms with Crippen LogP contribution in [-0.4, -0.2) is 6.61 Å². The number of hydrogen-bond acceptors (Lipinski definition) is 1. The maximum atomic E-state index is 13.7. The first kappa shape index (κ1) is 16.5. The Morgan fingerprint density at radius 2 is 1.95 bits per heavy atom. The third-order valence-corrected chi connectivity index (χ3v) is 4.61. The number of halogens is 3. The molecular weight excluding hydrogens is 399 g/mol. The molecule has 21 heavy (non-hydrogen) atoms. The molecule has 0 aliphatic carbocycles. The van der Waals surface area contributed by atoms with Crippen molar-refractivity contribution in [2.45, 2.75) is 24.6 Å². The summed E-state index contributed by atoms with van der Waals surface area (Å²) >= 11 is 7.17. The number of alkyl halides is 1. The summed E-state index contributed by atoms with van der Waals surface area (Å²) in [7, 11) is 0. The quantitative estimate of drug-likeness (QED) is 0.521. The van der Waals surface area contributed by atoms with E-state index in [0.29, 0.717) is 18.6 Å². The van der Waals surface area contributed by atoms with Crippen molar-refractivity contribution in [3.8, 4) is 5.75 Å². The average Bonchev–Trinajstić information content (AvgIpc) is 2.48. The molecule has 0 amide bonds. The van der Waals surface area contributed by atoms with E-state index >= 15 is 0 Å². The summed E-state index contributed by atoms with van der Waals surface area (Å²) in [6.45, 7) is 2.77. The van der Waals surface area contributed by atoms with Gasteiger partial charge in [-0.05, 0) is 58.1 Å². The molecule has 1 atom stereocenters. The second-order valence-corrected chi connectivity index (χ2v) is 6.76. The van der Waals surface area contributed by atoms with E-state index < -0.39 is 0 Å². The highest BCUT2D eigenvalue weighted by Crippen LogP contribution is 2.33. The van der Waals surface area contributed by atoms with Gasteiger partial charge in [0.05, 0.1) is 11.1 Å². The number of rotatable bonds is 6. The first-order valence-corrected chi connectivity index (χ1v) is 8.62. The molecule has 0 N–H and O–H groups in total. The topological polar surface area (TPSA) is 9.23 Å². The van der Waals surface area contributed by atoms with Gasteiger partial charge in [-0.15, -0.1) is 0 Å². The van der Waals surface area contributed by atoms with E-state index in [9.17, 15) is 4.39 Å². The molecule has 0 aliphatic heterocycles. The molecule has 0 heterocycles. The van der Waals surface area contributed by atoms with Crippen LogP contribution in [0, 0.1) is 5.82 Å². The second-order valence-electron chi connectivity index (χ2n) is 4.80. The molecule has 0 radical (unpaired) electrons. The molecule has 4 heteroatoms. The van der Waals surface area contributed by atoms with E-state index in [1.807, 2.05) is 30.3 Å². The molecule has 1 unspecified atom stereocenters. The SMILES string of the molecule is CCCOc1ccc(C(Br)Cc2ccccc2F)cc1Br. The van der Waals surface area contributed by atoms with Crippen LogP contribution in [0.4, 0.5) is 4.39 Å². The Labute approximate surface area is 141 Å². The molecule has 0 bridgehead atoms. The second kappa shape index (κ2) is 7.95. The minimum atomic E-state index is -0.163. The van der Waals surface area contributed by atoms with Crippen molar-refractivity contribution in [3.63, 3.8) is 0 Å². The van der Waals surface area contributed by atoms with Gasteiger partial charge in [0.25, 0.3) is 0 Å². The van der Waals surface area contributed by atoms with Crippen molar-refractivity contribution in [1.82, 2.24) is 0 Å². The molecule has 1 nitrogen and oxygen atoms in total. The van der Waals surface area contributed by atoms with Crippen LogP contribution in [-0.2, 0) is 6.42 Å². The van der Waals surface area contributed by atoms with Crippen molar-refractivity contribution < 1.29 is 9.13 Å². The van der Waals surface area contributed by atoms with Gasteiger partial charge in [0.15, 0.2) is 0 Å². The first-order valence-electron chi connectivity index (χ1n) is 6.91. The molecule has 0 saturated carbocycles. The van der Waals surface area contributed by atoms with Crippen LogP contribution in [0.3, 0.4) is 0 Å². The number of benzene rings is 2. The Morgan fingerprint density at radius 1 is 1.19 bits per heavy atom. The fourth-order valence-corrected chi connectivity index (χ4v) is 3.16. The van der Waals surface area contributed by atoms with E-state index in [1.165, 1.54) is 6.07 Å². The largest absolute Gasteiger partial charge is 0.492 e. The summed E-state index contributed by atoms with van der Waals surface area (Å²) in [5, 5.41) is 0. The lowest BCUT2D eigenvalue weighted by molar-refractivity contribution is 0.315. The maximum absolute atomic E-state index is 13.7. The molecule has 112 valence electrons. The number of ether oxygens (including phenoxy) is 1. The standard InChI is InChI=1S/C17H17Br2FO/c1-2-9-21-17-8-7-12(10-15(17)19)14(18)11-13-5-3-4-6-16(13)20/h3-8,10,14H,2,9,11H2,1H3. The van der Waals surface area contributed by atoms with E-state index in [2.05, 4.69) is 38.8 Å². The monoisotopic (exact) mass is 414 g/mol. The summed E-state index contributed by atoms with van der Waals surface area (Å²) in [6, 6.07) is 12.9. The van der Waals surface area contributed by atoms with Crippen LogP contribution in [0.5, 0.6) is 5.75 Å². The highest BCUT2D eigenvalue weighted by molar-refractivity contribution is 9.10. The molecular formula is C17H17Br2FO.